The molecule has 0 spiro atoms. The van der Waals surface area contributed by atoms with Gasteiger partial charge in [-0.05, 0) is 31.2 Å². The molecule has 2 amide bonds. The maximum atomic E-state index is 13.5. The molecular formula is C27H27ClN10O. The highest BCUT2D eigenvalue weighted by Crippen LogP contribution is 2.29. The van der Waals surface area contributed by atoms with Gasteiger partial charge in [0.1, 0.15) is 11.6 Å². The second kappa shape index (κ2) is 11.9. The van der Waals surface area contributed by atoms with Crippen LogP contribution in [0.5, 0.6) is 0 Å². The molecule has 2 N–H and O–H groups in total. The van der Waals surface area contributed by atoms with Gasteiger partial charge in [-0.1, -0.05) is 41.9 Å². The van der Waals surface area contributed by atoms with E-state index < -0.39 is 0 Å². The topological polar surface area (TPSA) is 138 Å². The van der Waals surface area contributed by atoms with Gasteiger partial charge in [-0.3, -0.25) is 14.6 Å². The molecule has 0 radical (unpaired) electrons. The summed E-state index contributed by atoms with van der Waals surface area (Å²) in [5, 5.41) is 19.7. The fourth-order valence-electron chi connectivity index (χ4n) is 4.63. The molecular weight excluding hydrogens is 516 g/mol. The molecule has 5 rings (SSSR count). The van der Waals surface area contributed by atoms with Gasteiger partial charge in [-0.25, -0.2) is 14.8 Å². The first-order chi connectivity index (χ1) is 19.0. The molecule has 1 saturated carbocycles. The number of benzene rings is 1. The summed E-state index contributed by atoms with van der Waals surface area (Å²) >= 11 is 6.06. The monoisotopic (exact) mass is 542 g/mol. The molecule has 1 fully saturated rings. The lowest BCUT2D eigenvalue weighted by Gasteiger charge is -2.36. The SMILES string of the molecule is Cn1cc(-c2cnc(N(C(=O)NCc3ccccc3)C3CCC(Nc4ncc(C#N)c(Cl)n4)CC3)cn2)cn1. The van der Waals surface area contributed by atoms with Gasteiger partial charge in [0.05, 0.1) is 30.5 Å². The number of halogens is 1. The Balaban J connectivity index is 1.30. The van der Waals surface area contributed by atoms with Crippen molar-refractivity contribution in [3.8, 4) is 17.3 Å². The molecule has 0 aliphatic heterocycles. The number of amides is 2. The molecule has 0 bridgehead atoms. The average Bonchev–Trinajstić information content (AvgIpc) is 3.40. The van der Waals surface area contributed by atoms with E-state index in [9.17, 15) is 4.79 Å². The molecule has 1 aromatic carbocycles. The van der Waals surface area contributed by atoms with Crippen LogP contribution in [0.3, 0.4) is 0 Å². The lowest BCUT2D eigenvalue weighted by atomic mass is 9.90. The van der Waals surface area contributed by atoms with Crippen LogP contribution in [0.1, 0.15) is 36.8 Å². The van der Waals surface area contributed by atoms with Crippen LogP contribution in [0, 0.1) is 11.3 Å². The van der Waals surface area contributed by atoms with Crippen LogP contribution in [0.4, 0.5) is 16.6 Å². The molecule has 1 aliphatic carbocycles. The number of urea groups is 1. The highest BCUT2D eigenvalue weighted by molar-refractivity contribution is 6.30. The Morgan fingerprint density at radius 2 is 1.90 bits per heavy atom. The van der Waals surface area contributed by atoms with Crippen LogP contribution < -0.4 is 15.5 Å². The van der Waals surface area contributed by atoms with Gasteiger partial charge < -0.3 is 10.6 Å². The van der Waals surface area contributed by atoms with Crippen LogP contribution >= 0.6 is 11.6 Å². The summed E-state index contributed by atoms with van der Waals surface area (Å²) in [5.74, 6) is 0.878. The van der Waals surface area contributed by atoms with E-state index in [-0.39, 0.29) is 28.8 Å². The van der Waals surface area contributed by atoms with Gasteiger partial charge in [-0.15, -0.1) is 0 Å². The minimum Gasteiger partial charge on any atom is -0.351 e. The van der Waals surface area contributed by atoms with E-state index in [4.69, 9.17) is 16.9 Å². The standard InChI is InChI=1S/C27H27ClN10O/c1-37-17-20(14-34-37)23-15-31-24(16-30-23)38(27(39)33-12-18-5-3-2-4-6-18)22-9-7-21(8-10-22)35-26-32-13-19(11-29)25(28)36-26/h2-6,13-17,21-22H,7-10,12H2,1H3,(H,33,39)(H,32,35,36). The van der Waals surface area contributed by atoms with Crippen molar-refractivity contribution in [2.75, 3.05) is 10.2 Å². The van der Waals surface area contributed by atoms with Gasteiger partial charge in [0, 0.05) is 37.4 Å². The van der Waals surface area contributed by atoms with Crippen molar-refractivity contribution in [2.45, 2.75) is 44.3 Å². The summed E-state index contributed by atoms with van der Waals surface area (Å²) in [6, 6.07) is 11.6. The number of hydrogen-bond acceptors (Lipinski definition) is 8. The quantitative estimate of drug-likeness (QED) is 0.329. The van der Waals surface area contributed by atoms with E-state index in [1.807, 2.05) is 49.6 Å². The Morgan fingerprint density at radius 1 is 1.10 bits per heavy atom. The minimum absolute atomic E-state index is 0.0668. The van der Waals surface area contributed by atoms with E-state index in [1.165, 1.54) is 6.20 Å². The van der Waals surface area contributed by atoms with E-state index in [0.29, 0.717) is 24.0 Å². The van der Waals surface area contributed by atoms with E-state index in [1.54, 1.807) is 28.2 Å². The van der Waals surface area contributed by atoms with Gasteiger partial charge >= 0.3 is 6.03 Å². The largest absolute Gasteiger partial charge is 0.351 e. The molecule has 4 aromatic rings. The second-order valence-corrected chi connectivity index (χ2v) is 9.69. The first kappa shape index (κ1) is 26.1. The number of aryl methyl sites for hydroxylation is 1. The zero-order valence-electron chi connectivity index (χ0n) is 21.3. The maximum absolute atomic E-state index is 13.5. The van der Waals surface area contributed by atoms with Gasteiger partial charge in [0.2, 0.25) is 5.95 Å². The van der Waals surface area contributed by atoms with E-state index >= 15 is 0 Å². The fourth-order valence-corrected chi connectivity index (χ4v) is 4.80. The van der Waals surface area contributed by atoms with Gasteiger partial charge in [-0.2, -0.15) is 15.3 Å². The Morgan fingerprint density at radius 3 is 2.54 bits per heavy atom. The number of aromatic nitrogens is 6. The Bertz CT molecular complexity index is 1460. The van der Waals surface area contributed by atoms with Crippen LogP contribution in [0.2, 0.25) is 5.15 Å². The second-order valence-electron chi connectivity index (χ2n) is 9.34. The number of nitriles is 1. The highest BCUT2D eigenvalue weighted by atomic mass is 35.5. The molecule has 11 nitrogen and oxygen atoms in total. The van der Waals surface area contributed by atoms with Crippen molar-refractivity contribution < 1.29 is 4.79 Å². The Labute approximate surface area is 230 Å². The smallest absolute Gasteiger partial charge is 0.323 e. The Kier molecular flexibility index (Phi) is 7.94. The number of nitrogens with zero attached hydrogens (tertiary/aromatic N) is 8. The third kappa shape index (κ3) is 6.30. The van der Waals surface area contributed by atoms with Crippen molar-refractivity contribution in [1.82, 2.24) is 35.0 Å². The first-order valence-corrected chi connectivity index (χ1v) is 13.0. The van der Waals surface area contributed by atoms with E-state index in [2.05, 4.69) is 35.7 Å². The van der Waals surface area contributed by atoms with Crippen molar-refractivity contribution in [3.05, 3.63) is 77.6 Å². The zero-order valence-corrected chi connectivity index (χ0v) is 22.1. The number of rotatable bonds is 7. The normalized spacial score (nSPS) is 16.7. The molecule has 0 unspecified atom stereocenters. The molecule has 1 aliphatic rings. The summed E-state index contributed by atoms with van der Waals surface area (Å²) in [5.41, 5.74) is 2.79. The third-order valence-corrected chi connectivity index (χ3v) is 6.94. The number of hydrogen-bond donors (Lipinski definition) is 2. The lowest BCUT2D eigenvalue weighted by molar-refractivity contribution is 0.240. The van der Waals surface area contributed by atoms with Crippen molar-refractivity contribution >= 4 is 29.4 Å². The van der Waals surface area contributed by atoms with Crippen molar-refractivity contribution in [3.63, 3.8) is 0 Å². The first-order valence-electron chi connectivity index (χ1n) is 12.6. The summed E-state index contributed by atoms with van der Waals surface area (Å²) in [7, 11) is 1.84. The maximum Gasteiger partial charge on any atom is 0.323 e. The molecule has 0 atom stereocenters. The van der Waals surface area contributed by atoms with Gasteiger partial charge in [0.25, 0.3) is 0 Å². The molecule has 3 aromatic heterocycles. The van der Waals surface area contributed by atoms with Crippen LogP contribution in [-0.4, -0.2) is 47.8 Å². The fraction of sp³-hybridized carbons (Fsp3) is 0.296. The van der Waals surface area contributed by atoms with Crippen LogP contribution in [-0.2, 0) is 13.6 Å². The number of carbonyl (C=O) groups excluding carboxylic acids is 1. The van der Waals surface area contributed by atoms with Crippen LogP contribution in [0.25, 0.3) is 11.3 Å². The van der Waals surface area contributed by atoms with Crippen LogP contribution in [0.15, 0.2) is 61.3 Å². The number of nitrogens with one attached hydrogen (secondary N) is 2. The predicted molar refractivity (Wildman–Crippen MR) is 147 cm³/mol. The number of carbonyl (C=O) groups is 1. The predicted octanol–water partition coefficient (Wildman–Crippen LogP) is 4.33. The third-order valence-electron chi connectivity index (χ3n) is 6.65. The van der Waals surface area contributed by atoms with Gasteiger partial charge in [0.15, 0.2) is 11.0 Å². The average molecular weight is 543 g/mol. The molecule has 39 heavy (non-hydrogen) atoms. The Hall–Kier alpha value is -4.56. The minimum atomic E-state index is -0.221. The van der Waals surface area contributed by atoms with Crippen molar-refractivity contribution in [2.24, 2.45) is 7.05 Å². The molecule has 0 saturated heterocycles. The zero-order chi connectivity index (χ0) is 27.2. The highest BCUT2D eigenvalue weighted by Gasteiger charge is 2.31. The number of anilines is 2. The lowest BCUT2D eigenvalue weighted by Crippen LogP contribution is -2.49. The molecule has 12 heteroatoms. The molecule has 198 valence electrons. The summed E-state index contributed by atoms with van der Waals surface area (Å²) in [6.07, 6.45) is 11.4. The van der Waals surface area contributed by atoms with E-state index in [0.717, 1.165) is 36.8 Å². The summed E-state index contributed by atoms with van der Waals surface area (Å²) in [6.45, 7) is 0.408. The molecule has 3 heterocycles. The van der Waals surface area contributed by atoms with Crippen molar-refractivity contribution in [1.29, 1.82) is 5.26 Å². The summed E-state index contributed by atoms with van der Waals surface area (Å²) < 4.78 is 1.71. The summed E-state index contributed by atoms with van der Waals surface area (Å²) in [4.78, 5) is 32.8.